The summed E-state index contributed by atoms with van der Waals surface area (Å²) in [5.74, 6) is 0. The van der Waals surface area contributed by atoms with E-state index in [1.54, 1.807) is 11.3 Å². The van der Waals surface area contributed by atoms with Crippen molar-refractivity contribution < 1.29 is 9.31 Å². The quantitative estimate of drug-likeness (QED) is 0.798. The molecule has 0 bridgehead atoms. The van der Waals surface area contributed by atoms with E-state index >= 15 is 0 Å². The molecule has 0 N–H and O–H groups in total. The molecular weight excluding hydrogens is 295 g/mol. The van der Waals surface area contributed by atoms with Gasteiger partial charge in [-0.05, 0) is 47.0 Å². The summed E-state index contributed by atoms with van der Waals surface area (Å²) in [5.41, 5.74) is 0.575. The first-order valence-electron chi connectivity index (χ1n) is 8.44. The summed E-state index contributed by atoms with van der Waals surface area (Å²) in [6.07, 6.45) is 4.63. The van der Waals surface area contributed by atoms with Crippen LogP contribution in [0, 0.1) is 0 Å². The Bertz CT molecular complexity index is 522. The highest BCUT2D eigenvalue weighted by atomic mass is 32.1. The molecule has 0 aliphatic carbocycles. The Morgan fingerprint density at radius 1 is 1.14 bits per heavy atom. The molecule has 0 spiro atoms. The van der Waals surface area contributed by atoms with Crippen LogP contribution in [0.25, 0.3) is 0 Å². The molecule has 0 atom stereocenters. The first-order valence-corrected chi connectivity index (χ1v) is 9.26. The third kappa shape index (κ3) is 2.81. The summed E-state index contributed by atoms with van der Waals surface area (Å²) < 4.78 is 13.7. The van der Waals surface area contributed by atoms with Gasteiger partial charge in [-0.2, -0.15) is 0 Å². The van der Waals surface area contributed by atoms with Crippen LogP contribution >= 0.6 is 11.3 Å². The maximum atomic E-state index is 6.24. The van der Waals surface area contributed by atoms with Crippen molar-refractivity contribution in [3.63, 3.8) is 0 Å². The van der Waals surface area contributed by atoms with Gasteiger partial charge in [-0.15, -0.1) is 11.3 Å². The van der Waals surface area contributed by atoms with Crippen LogP contribution in [0.15, 0.2) is 0 Å². The van der Waals surface area contributed by atoms with Gasteiger partial charge in [0.05, 0.1) is 21.7 Å². The number of hydrogen-bond acceptors (Lipinski definition) is 5. The molecule has 0 aromatic carbocycles. The second kappa shape index (κ2) is 5.80. The minimum absolute atomic E-state index is 0.277. The normalized spacial score (nSPS) is 23.5. The molecule has 122 valence electrons. The molecule has 1 aromatic rings. The molecule has 3 rings (SSSR count). The minimum atomic E-state index is -0.293. The van der Waals surface area contributed by atoms with Crippen LogP contribution in [0.4, 0.5) is 5.13 Å². The predicted octanol–water partition coefficient (Wildman–Crippen LogP) is 3.00. The van der Waals surface area contributed by atoms with Crippen LogP contribution in [0.3, 0.4) is 0 Å². The van der Waals surface area contributed by atoms with Gasteiger partial charge in [-0.25, -0.2) is 4.98 Å². The Morgan fingerprint density at radius 3 is 2.27 bits per heavy atom. The van der Waals surface area contributed by atoms with Crippen LogP contribution in [0.2, 0.25) is 0 Å². The standard InChI is InChI=1S/C16H27BN2O2S/c1-6-9-12-13(17-20-15(2,3)16(4,5)21-17)22-14(18-12)19-10-7-8-11-19/h6-11H2,1-5H3. The number of anilines is 1. The molecular formula is C16H27BN2O2S. The van der Waals surface area contributed by atoms with E-state index in [4.69, 9.17) is 14.3 Å². The van der Waals surface area contributed by atoms with E-state index in [1.165, 1.54) is 17.6 Å². The summed E-state index contributed by atoms with van der Waals surface area (Å²) in [7, 11) is -0.277. The number of aryl methyl sites for hydroxylation is 1. The summed E-state index contributed by atoms with van der Waals surface area (Å²) in [6.45, 7) is 12.9. The van der Waals surface area contributed by atoms with Gasteiger partial charge < -0.3 is 14.2 Å². The fraction of sp³-hybridized carbons (Fsp3) is 0.812. The van der Waals surface area contributed by atoms with Crippen LogP contribution in [-0.4, -0.2) is 36.4 Å². The van der Waals surface area contributed by atoms with E-state index in [9.17, 15) is 0 Å². The van der Waals surface area contributed by atoms with Crippen molar-refractivity contribution in [2.45, 2.75) is 71.5 Å². The fourth-order valence-electron chi connectivity index (χ4n) is 2.94. The van der Waals surface area contributed by atoms with Crippen LogP contribution < -0.4 is 9.68 Å². The Morgan fingerprint density at radius 2 is 1.73 bits per heavy atom. The second-order valence-corrected chi connectivity index (χ2v) is 8.35. The molecule has 22 heavy (non-hydrogen) atoms. The van der Waals surface area contributed by atoms with Crippen LogP contribution in [0.1, 0.15) is 59.6 Å². The third-order valence-electron chi connectivity index (χ3n) is 5.05. The molecule has 2 aliphatic rings. The van der Waals surface area contributed by atoms with Crippen molar-refractivity contribution in [3.8, 4) is 0 Å². The van der Waals surface area contributed by atoms with E-state index < -0.39 is 0 Å². The molecule has 0 radical (unpaired) electrons. The van der Waals surface area contributed by atoms with E-state index in [-0.39, 0.29) is 18.3 Å². The van der Waals surface area contributed by atoms with Crippen molar-refractivity contribution in [1.82, 2.24) is 4.98 Å². The van der Waals surface area contributed by atoms with Gasteiger partial charge in [0.25, 0.3) is 0 Å². The molecule has 2 aliphatic heterocycles. The minimum Gasteiger partial charge on any atom is -0.399 e. The summed E-state index contributed by atoms with van der Waals surface area (Å²) in [4.78, 5) is 7.31. The van der Waals surface area contributed by atoms with Crippen molar-refractivity contribution in [2.24, 2.45) is 0 Å². The largest absolute Gasteiger partial charge is 0.507 e. The van der Waals surface area contributed by atoms with Gasteiger partial charge in [0.15, 0.2) is 5.13 Å². The Labute approximate surface area is 138 Å². The highest BCUT2D eigenvalue weighted by molar-refractivity contribution is 7.25. The zero-order valence-electron chi connectivity index (χ0n) is 14.4. The average molecular weight is 322 g/mol. The van der Waals surface area contributed by atoms with Crippen LogP contribution in [-0.2, 0) is 15.7 Å². The molecule has 0 saturated carbocycles. The topological polar surface area (TPSA) is 34.6 Å². The average Bonchev–Trinajstić information content (AvgIpc) is 3.09. The maximum Gasteiger partial charge on any atom is 0.507 e. The van der Waals surface area contributed by atoms with E-state index in [1.807, 2.05) is 0 Å². The lowest BCUT2D eigenvalue weighted by Crippen LogP contribution is -2.41. The van der Waals surface area contributed by atoms with E-state index in [0.717, 1.165) is 36.8 Å². The summed E-state index contributed by atoms with van der Waals surface area (Å²) in [5, 5.41) is 1.14. The van der Waals surface area contributed by atoms with Crippen molar-refractivity contribution in [3.05, 3.63) is 5.69 Å². The predicted molar refractivity (Wildman–Crippen MR) is 93.3 cm³/mol. The number of hydrogen-bond donors (Lipinski definition) is 0. The molecule has 1 aromatic heterocycles. The van der Waals surface area contributed by atoms with Crippen molar-refractivity contribution in [2.75, 3.05) is 18.0 Å². The Hall–Kier alpha value is -0.585. The highest BCUT2D eigenvalue weighted by Crippen LogP contribution is 2.38. The summed E-state index contributed by atoms with van der Waals surface area (Å²) in [6, 6.07) is 0. The lowest BCUT2D eigenvalue weighted by atomic mass is 9.85. The van der Waals surface area contributed by atoms with Crippen molar-refractivity contribution >= 4 is 28.4 Å². The van der Waals surface area contributed by atoms with E-state index in [2.05, 4.69) is 39.5 Å². The first-order chi connectivity index (χ1) is 10.3. The molecule has 4 nitrogen and oxygen atoms in total. The second-order valence-electron chi connectivity index (χ2n) is 7.34. The Kier molecular flexibility index (Phi) is 4.29. The van der Waals surface area contributed by atoms with Crippen LogP contribution in [0.5, 0.6) is 0 Å². The molecule has 3 heterocycles. The zero-order valence-corrected chi connectivity index (χ0v) is 15.3. The zero-order chi connectivity index (χ0) is 16.0. The number of aromatic nitrogens is 1. The molecule has 2 saturated heterocycles. The van der Waals surface area contributed by atoms with Gasteiger partial charge in [-0.1, -0.05) is 13.3 Å². The smallest absolute Gasteiger partial charge is 0.399 e. The molecule has 0 unspecified atom stereocenters. The molecule has 6 heteroatoms. The maximum absolute atomic E-state index is 6.24. The number of thiazole rings is 1. The summed E-state index contributed by atoms with van der Waals surface area (Å²) >= 11 is 1.76. The monoisotopic (exact) mass is 322 g/mol. The lowest BCUT2D eigenvalue weighted by Gasteiger charge is -2.32. The number of rotatable bonds is 4. The van der Waals surface area contributed by atoms with Gasteiger partial charge in [0, 0.05) is 13.1 Å². The lowest BCUT2D eigenvalue weighted by molar-refractivity contribution is 0.00578. The van der Waals surface area contributed by atoms with Crippen molar-refractivity contribution in [1.29, 1.82) is 0 Å². The van der Waals surface area contributed by atoms with E-state index in [0.29, 0.717) is 0 Å². The third-order valence-corrected chi connectivity index (χ3v) is 6.23. The molecule has 0 amide bonds. The van der Waals surface area contributed by atoms with Gasteiger partial charge in [-0.3, -0.25) is 0 Å². The first kappa shape index (κ1) is 16.3. The number of nitrogens with zero attached hydrogens (tertiary/aromatic N) is 2. The molecule has 2 fully saturated rings. The Balaban J connectivity index is 1.89. The van der Waals surface area contributed by atoms with Gasteiger partial charge >= 0.3 is 7.12 Å². The van der Waals surface area contributed by atoms with Gasteiger partial charge in [0.2, 0.25) is 0 Å². The fourth-order valence-corrected chi connectivity index (χ4v) is 4.07. The van der Waals surface area contributed by atoms with Gasteiger partial charge in [0.1, 0.15) is 0 Å². The highest BCUT2D eigenvalue weighted by Gasteiger charge is 2.53. The SMILES string of the molecule is CCCc1nc(N2CCCC2)sc1B1OC(C)(C)C(C)(C)O1.